The summed E-state index contributed by atoms with van der Waals surface area (Å²) in [4.78, 5) is 29.8. The van der Waals surface area contributed by atoms with Gasteiger partial charge in [-0.05, 0) is 36.4 Å². The summed E-state index contributed by atoms with van der Waals surface area (Å²) in [6, 6.07) is 15.0. The summed E-state index contributed by atoms with van der Waals surface area (Å²) in [5, 5.41) is 14.9. The first-order valence-electron chi connectivity index (χ1n) is 9.70. The molecule has 0 bridgehead atoms. The van der Waals surface area contributed by atoms with Crippen LogP contribution in [0.3, 0.4) is 0 Å². The summed E-state index contributed by atoms with van der Waals surface area (Å²) in [7, 11) is 0. The summed E-state index contributed by atoms with van der Waals surface area (Å²) in [5.41, 5.74) is 3.48. The molecular weight excluding hydrogens is 430 g/mol. The van der Waals surface area contributed by atoms with E-state index in [1.54, 1.807) is 16.9 Å². The van der Waals surface area contributed by atoms with Gasteiger partial charge in [0.2, 0.25) is 5.91 Å². The van der Waals surface area contributed by atoms with Gasteiger partial charge < -0.3 is 10.4 Å². The van der Waals surface area contributed by atoms with E-state index in [2.05, 4.69) is 15.4 Å². The van der Waals surface area contributed by atoms with Crippen molar-refractivity contribution in [2.45, 2.75) is 20.8 Å². The molecule has 0 radical (unpaired) electrons. The fourth-order valence-electron chi connectivity index (χ4n) is 2.93. The highest BCUT2D eigenvalue weighted by molar-refractivity contribution is 6.30. The van der Waals surface area contributed by atoms with E-state index in [1.807, 2.05) is 69.3 Å². The second-order valence-electron chi connectivity index (χ2n) is 7.85. The Labute approximate surface area is 189 Å². The molecule has 0 aliphatic rings. The second kappa shape index (κ2) is 9.57. The molecule has 1 amide bonds. The Bertz CT molecular complexity index is 1260. The number of halogens is 1. The molecule has 0 fully saturated rings. The zero-order valence-electron chi connectivity index (χ0n) is 17.8. The summed E-state index contributed by atoms with van der Waals surface area (Å²) >= 11 is 6.21. The Kier molecular flexibility index (Phi) is 6.85. The quantitative estimate of drug-likeness (QED) is 0.433. The van der Waals surface area contributed by atoms with Crippen molar-refractivity contribution in [3.8, 4) is 22.5 Å². The van der Waals surface area contributed by atoms with Gasteiger partial charge >= 0.3 is 0 Å². The number of imidazole rings is 1. The van der Waals surface area contributed by atoms with Crippen molar-refractivity contribution in [3.63, 3.8) is 0 Å². The Morgan fingerprint density at radius 2 is 1.84 bits per heavy atom. The van der Waals surface area contributed by atoms with E-state index in [0.29, 0.717) is 10.8 Å². The molecule has 8 nitrogen and oxygen atoms in total. The number of amides is 1. The number of aromatic nitrogens is 4. The van der Waals surface area contributed by atoms with Gasteiger partial charge in [0.15, 0.2) is 5.65 Å². The number of hydrogen-bond acceptors (Lipinski definition) is 5. The summed E-state index contributed by atoms with van der Waals surface area (Å²) in [6.07, 6.45) is 3.38. The van der Waals surface area contributed by atoms with E-state index in [0.717, 1.165) is 28.2 Å². The Morgan fingerprint density at radius 3 is 2.53 bits per heavy atom. The molecule has 1 aromatic carbocycles. The molecule has 0 aliphatic carbocycles. The molecule has 0 aliphatic heterocycles. The van der Waals surface area contributed by atoms with Crippen molar-refractivity contribution < 1.29 is 14.7 Å². The van der Waals surface area contributed by atoms with E-state index < -0.39 is 5.41 Å². The summed E-state index contributed by atoms with van der Waals surface area (Å²) in [6.45, 7) is 5.33. The predicted octanol–water partition coefficient (Wildman–Crippen LogP) is 4.80. The fourth-order valence-corrected chi connectivity index (χ4v) is 3.13. The van der Waals surface area contributed by atoms with Gasteiger partial charge in [-0.2, -0.15) is 5.10 Å². The van der Waals surface area contributed by atoms with E-state index in [1.165, 1.54) is 0 Å². The van der Waals surface area contributed by atoms with Gasteiger partial charge in [0.05, 0.1) is 5.69 Å². The first kappa shape index (κ1) is 22.9. The normalized spacial score (nSPS) is 10.9. The lowest BCUT2D eigenvalue weighted by Crippen LogP contribution is -2.28. The molecule has 4 rings (SSSR count). The first-order chi connectivity index (χ1) is 15.2. The topological polar surface area (TPSA) is 109 Å². The third-order valence-corrected chi connectivity index (χ3v) is 4.68. The maximum atomic E-state index is 12.4. The number of rotatable bonds is 3. The zero-order chi connectivity index (χ0) is 23.3. The number of anilines is 1. The molecule has 0 spiro atoms. The smallest absolute Gasteiger partial charge is 0.290 e. The zero-order valence-corrected chi connectivity index (χ0v) is 18.5. The molecule has 164 valence electrons. The maximum Gasteiger partial charge on any atom is 0.290 e. The Balaban J connectivity index is 0.000000913. The van der Waals surface area contributed by atoms with Crippen LogP contribution in [-0.2, 0) is 9.59 Å². The molecule has 3 aromatic heterocycles. The Hall–Kier alpha value is -3.78. The van der Waals surface area contributed by atoms with Crippen molar-refractivity contribution >= 4 is 35.4 Å². The molecule has 4 aromatic rings. The van der Waals surface area contributed by atoms with Crippen LogP contribution in [0.4, 0.5) is 5.82 Å². The molecule has 9 heteroatoms. The van der Waals surface area contributed by atoms with Crippen LogP contribution in [-0.4, -0.2) is 37.1 Å². The summed E-state index contributed by atoms with van der Waals surface area (Å²) in [5.74, 6) is 0.374. The average Bonchev–Trinajstić information content (AvgIpc) is 3.13. The molecule has 0 unspecified atom stereocenters. The van der Waals surface area contributed by atoms with Gasteiger partial charge in [-0.15, -0.1) is 0 Å². The predicted molar refractivity (Wildman–Crippen MR) is 123 cm³/mol. The van der Waals surface area contributed by atoms with Crippen LogP contribution >= 0.6 is 11.6 Å². The van der Waals surface area contributed by atoms with Crippen molar-refractivity contribution in [3.05, 3.63) is 65.9 Å². The van der Waals surface area contributed by atoms with E-state index in [-0.39, 0.29) is 12.4 Å². The van der Waals surface area contributed by atoms with Crippen LogP contribution in [0.1, 0.15) is 20.8 Å². The van der Waals surface area contributed by atoms with Crippen LogP contribution in [0.2, 0.25) is 5.02 Å². The minimum Gasteiger partial charge on any atom is -0.483 e. The number of fused-ring (bicyclic) bond motifs is 1. The maximum absolute atomic E-state index is 12.4. The van der Waals surface area contributed by atoms with Crippen molar-refractivity contribution in [2.24, 2.45) is 5.41 Å². The second-order valence-corrected chi connectivity index (χ2v) is 8.29. The van der Waals surface area contributed by atoms with Gasteiger partial charge in [-0.25, -0.2) is 14.5 Å². The molecule has 0 atom stereocenters. The largest absolute Gasteiger partial charge is 0.483 e. The molecule has 0 saturated heterocycles. The highest BCUT2D eigenvalue weighted by Crippen LogP contribution is 2.34. The number of hydrogen-bond donors (Lipinski definition) is 2. The monoisotopic (exact) mass is 451 g/mol. The minimum absolute atomic E-state index is 0.103. The minimum atomic E-state index is -0.519. The average molecular weight is 452 g/mol. The molecular formula is C23H22ClN5O3. The number of carbonyl (C=O) groups excluding carboxylic acids is 1. The van der Waals surface area contributed by atoms with Crippen LogP contribution in [0.5, 0.6) is 0 Å². The lowest BCUT2D eigenvalue weighted by atomic mass is 9.96. The SMILES string of the molecule is CC(C)(C)C(=O)Nc1cc(-c2c(-c3cccc(Cl)c3)nc3cccnn23)ccn1.O=CO. The van der Waals surface area contributed by atoms with Gasteiger partial charge in [0, 0.05) is 34.0 Å². The number of carboxylic acid groups (broad SMARTS) is 1. The fraction of sp³-hybridized carbons (Fsp3) is 0.174. The highest BCUT2D eigenvalue weighted by Gasteiger charge is 2.22. The number of benzene rings is 1. The molecule has 32 heavy (non-hydrogen) atoms. The van der Waals surface area contributed by atoms with Gasteiger partial charge in [0.1, 0.15) is 11.5 Å². The van der Waals surface area contributed by atoms with Crippen LogP contribution in [0.15, 0.2) is 60.9 Å². The molecule has 3 heterocycles. The van der Waals surface area contributed by atoms with Crippen LogP contribution in [0, 0.1) is 5.41 Å². The van der Waals surface area contributed by atoms with E-state index in [9.17, 15) is 4.79 Å². The van der Waals surface area contributed by atoms with Crippen molar-refractivity contribution in [2.75, 3.05) is 5.32 Å². The van der Waals surface area contributed by atoms with E-state index in [4.69, 9.17) is 26.5 Å². The summed E-state index contributed by atoms with van der Waals surface area (Å²) < 4.78 is 1.78. The molecule has 2 N–H and O–H groups in total. The van der Waals surface area contributed by atoms with Crippen molar-refractivity contribution in [1.29, 1.82) is 0 Å². The molecule has 0 saturated carbocycles. The number of pyridine rings is 1. The van der Waals surface area contributed by atoms with Gasteiger partial charge in [-0.3, -0.25) is 9.59 Å². The number of carbonyl (C=O) groups is 2. The number of nitrogens with one attached hydrogen (secondary N) is 1. The van der Waals surface area contributed by atoms with Gasteiger partial charge in [0.25, 0.3) is 6.47 Å². The number of nitrogens with zero attached hydrogens (tertiary/aromatic N) is 4. The highest BCUT2D eigenvalue weighted by atomic mass is 35.5. The van der Waals surface area contributed by atoms with Gasteiger partial charge in [-0.1, -0.05) is 44.5 Å². The van der Waals surface area contributed by atoms with Crippen molar-refractivity contribution in [1.82, 2.24) is 19.6 Å². The third-order valence-electron chi connectivity index (χ3n) is 4.45. The van der Waals surface area contributed by atoms with E-state index >= 15 is 0 Å². The third kappa shape index (κ3) is 5.09. The van der Waals surface area contributed by atoms with Crippen LogP contribution in [0.25, 0.3) is 28.2 Å². The lowest BCUT2D eigenvalue weighted by molar-refractivity contribution is -0.123. The Morgan fingerprint density at radius 1 is 1.09 bits per heavy atom. The first-order valence-corrected chi connectivity index (χ1v) is 10.1. The van der Waals surface area contributed by atoms with Crippen LogP contribution < -0.4 is 5.32 Å². The lowest BCUT2D eigenvalue weighted by Gasteiger charge is -2.17. The standard InChI is InChI=1S/C22H20ClN5O.CH2O2/c1-22(2,3)21(29)26-17-13-15(9-11-24-17)20-19(14-6-4-7-16(23)12-14)27-18-8-5-10-25-28(18)20;2-1-3/h4-13H,1-3H3,(H,24,26,29);1H,(H,2,3).